The average molecular weight is 428 g/mol. The second-order valence-electron chi connectivity index (χ2n) is 7.36. The first-order valence-corrected chi connectivity index (χ1v) is 10.9. The van der Waals surface area contributed by atoms with Crippen molar-refractivity contribution in [1.82, 2.24) is 4.90 Å². The molecule has 1 aliphatic rings. The number of amides is 1. The molecule has 1 heterocycles. The Hall–Kier alpha value is -2.80. The summed E-state index contributed by atoms with van der Waals surface area (Å²) in [7, 11) is 0. The van der Waals surface area contributed by atoms with E-state index in [0.29, 0.717) is 32.2 Å². The highest BCUT2D eigenvalue weighted by molar-refractivity contribution is 8.01. The lowest BCUT2D eigenvalue weighted by molar-refractivity contribution is -0.148. The Morgan fingerprint density at radius 2 is 1.43 bits per heavy atom. The zero-order chi connectivity index (χ0) is 21.5. The Bertz CT molecular complexity index is 874. The zero-order valence-electron chi connectivity index (χ0n) is 16.5. The Morgan fingerprint density at radius 1 is 0.900 bits per heavy atom. The summed E-state index contributed by atoms with van der Waals surface area (Å²) in [5.41, 5.74) is 1.80. The molecule has 2 N–H and O–H groups in total. The highest BCUT2D eigenvalue weighted by Crippen LogP contribution is 2.29. The molecular weight excluding hydrogens is 402 g/mol. The van der Waals surface area contributed by atoms with Gasteiger partial charge in [-0.05, 0) is 36.8 Å². The summed E-state index contributed by atoms with van der Waals surface area (Å²) < 4.78 is 0. The van der Waals surface area contributed by atoms with Gasteiger partial charge in [-0.25, -0.2) is 4.79 Å². The van der Waals surface area contributed by atoms with Gasteiger partial charge >= 0.3 is 11.9 Å². The van der Waals surface area contributed by atoms with Gasteiger partial charge in [0.05, 0.1) is 5.25 Å². The van der Waals surface area contributed by atoms with Gasteiger partial charge in [-0.2, -0.15) is 0 Å². The molecule has 2 aromatic rings. The van der Waals surface area contributed by atoms with Crippen molar-refractivity contribution in [2.75, 3.05) is 6.54 Å². The summed E-state index contributed by atoms with van der Waals surface area (Å²) >= 11 is 1.11. The minimum absolute atomic E-state index is 0.293. The van der Waals surface area contributed by atoms with Crippen molar-refractivity contribution in [3.63, 3.8) is 0 Å². The van der Waals surface area contributed by atoms with Crippen molar-refractivity contribution in [3.8, 4) is 0 Å². The Labute approximate surface area is 179 Å². The van der Waals surface area contributed by atoms with E-state index in [-0.39, 0.29) is 5.91 Å². The van der Waals surface area contributed by atoms with Gasteiger partial charge in [0.15, 0.2) is 0 Å². The van der Waals surface area contributed by atoms with E-state index in [1.54, 1.807) is 0 Å². The fourth-order valence-electron chi connectivity index (χ4n) is 3.71. The first-order chi connectivity index (χ1) is 14.5. The summed E-state index contributed by atoms with van der Waals surface area (Å²) in [6.45, 7) is 0.387. The predicted molar refractivity (Wildman–Crippen MR) is 115 cm³/mol. The number of carbonyl (C=O) groups is 3. The molecule has 3 rings (SSSR count). The van der Waals surface area contributed by atoms with E-state index < -0.39 is 28.5 Å². The van der Waals surface area contributed by atoms with Crippen LogP contribution >= 0.6 is 11.8 Å². The third kappa shape index (κ3) is 5.63. The molecule has 3 atom stereocenters. The fourth-order valence-corrected chi connectivity index (χ4v) is 5.06. The van der Waals surface area contributed by atoms with Crippen LogP contribution in [0.5, 0.6) is 0 Å². The van der Waals surface area contributed by atoms with Gasteiger partial charge in [-0.15, -0.1) is 11.8 Å². The van der Waals surface area contributed by atoms with E-state index in [4.69, 9.17) is 0 Å². The van der Waals surface area contributed by atoms with E-state index in [2.05, 4.69) is 0 Å². The van der Waals surface area contributed by atoms with Crippen LogP contribution in [0.4, 0.5) is 0 Å². The van der Waals surface area contributed by atoms with Gasteiger partial charge in [0, 0.05) is 6.54 Å². The lowest BCUT2D eigenvalue weighted by Crippen LogP contribution is -2.46. The molecule has 7 heteroatoms. The maximum absolute atomic E-state index is 13.3. The van der Waals surface area contributed by atoms with Gasteiger partial charge in [-0.1, -0.05) is 60.7 Å². The van der Waals surface area contributed by atoms with E-state index in [9.17, 15) is 24.6 Å². The third-order valence-corrected chi connectivity index (χ3v) is 6.62. The predicted octanol–water partition coefficient (Wildman–Crippen LogP) is 3.10. The van der Waals surface area contributed by atoms with Crippen LogP contribution in [0.15, 0.2) is 60.7 Å². The SMILES string of the molecule is O=C(O)C(Cc1ccccc1)SC(Cc1ccccc1)C(=O)N1CCC[C@H]1C(=O)O. The van der Waals surface area contributed by atoms with Crippen LogP contribution in [0.3, 0.4) is 0 Å². The molecule has 2 aromatic carbocycles. The van der Waals surface area contributed by atoms with Crippen LogP contribution in [0.2, 0.25) is 0 Å². The molecule has 2 unspecified atom stereocenters. The molecule has 0 aromatic heterocycles. The minimum atomic E-state index is -1.01. The van der Waals surface area contributed by atoms with Crippen molar-refractivity contribution in [3.05, 3.63) is 71.8 Å². The van der Waals surface area contributed by atoms with Gasteiger partial charge in [0.1, 0.15) is 11.3 Å². The lowest BCUT2D eigenvalue weighted by Gasteiger charge is -2.28. The highest BCUT2D eigenvalue weighted by Gasteiger charge is 2.38. The Kier molecular flexibility index (Phi) is 7.52. The van der Waals surface area contributed by atoms with E-state index >= 15 is 0 Å². The summed E-state index contributed by atoms with van der Waals surface area (Å²) in [6, 6.07) is 17.9. The van der Waals surface area contributed by atoms with Gasteiger partial charge < -0.3 is 15.1 Å². The monoisotopic (exact) mass is 427 g/mol. The number of benzene rings is 2. The number of carboxylic acid groups (broad SMARTS) is 2. The maximum atomic E-state index is 13.3. The molecule has 30 heavy (non-hydrogen) atoms. The first kappa shape index (κ1) is 21.9. The van der Waals surface area contributed by atoms with Crippen LogP contribution in [0.1, 0.15) is 24.0 Å². The minimum Gasteiger partial charge on any atom is -0.480 e. The molecule has 0 saturated carbocycles. The lowest BCUT2D eigenvalue weighted by atomic mass is 10.1. The van der Waals surface area contributed by atoms with E-state index in [1.807, 2.05) is 60.7 Å². The number of rotatable bonds is 9. The normalized spacial score (nSPS) is 18.0. The van der Waals surface area contributed by atoms with Crippen LogP contribution in [-0.2, 0) is 27.2 Å². The number of carbonyl (C=O) groups excluding carboxylic acids is 1. The van der Waals surface area contributed by atoms with Crippen molar-refractivity contribution in [2.45, 2.75) is 42.2 Å². The fraction of sp³-hybridized carbons (Fsp3) is 0.348. The largest absolute Gasteiger partial charge is 0.480 e. The molecule has 0 bridgehead atoms. The number of aliphatic carboxylic acids is 2. The number of nitrogens with zero attached hydrogens (tertiary/aromatic N) is 1. The molecule has 1 aliphatic heterocycles. The Morgan fingerprint density at radius 3 is 1.93 bits per heavy atom. The topological polar surface area (TPSA) is 94.9 Å². The molecule has 1 amide bonds. The summed E-state index contributed by atoms with van der Waals surface area (Å²) in [4.78, 5) is 38.3. The van der Waals surface area contributed by atoms with Crippen molar-refractivity contribution < 1.29 is 24.6 Å². The summed E-state index contributed by atoms with van der Waals surface area (Å²) in [5.74, 6) is -2.29. The molecule has 6 nitrogen and oxygen atoms in total. The number of hydrogen-bond donors (Lipinski definition) is 2. The Balaban J connectivity index is 1.83. The quantitative estimate of drug-likeness (QED) is 0.639. The number of thioether (sulfide) groups is 1. The smallest absolute Gasteiger partial charge is 0.326 e. The standard InChI is InChI=1S/C23H25NO5S/c25-21(24-13-7-12-18(24)22(26)27)19(14-16-8-3-1-4-9-16)30-20(23(28)29)15-17-10-5-2-6-11-17/h1-6,8-11,18-20H,7,12-15H2,(H,26,27)(H,28,29)/t18-,19?,20?/m0/s1. The molecule has 1 saturated heterocycles. The molecule has 158 valence electrons. The summed E-state index contributed by atoms with van der Waals surface area (Å²) in [6.07, 6.45) is 1.71. The highest BCUT2D eigenvalue weighted by atomic mass is 32.2. The van der Waals surface area contributed by atoms with Crippen LogP contribution in [0, 0.1) is 0 Å². The molecule has 1 fully saturated rings. The number of likely N-dealkylation sites (tertiary alicyclic amines) is 1. The zero-order valence-corrected chi connectivity index (χ0v) is 17.3. The average Bonchev–Trinajstić information content (AvgIpc) is 3.24. The van der Waals surface area contributed by atoms with Crippen LogP contribution in [0.25, 0.3) is 0 Å². The van der Waals surface area contributed by atoms with Gasteiger partial charge in [0.2, 0.25) is 5.91 Å². The number of hydrogen-bond acceptors (Lipinski definition) is 4. The molecule has 0 spiro atoms. The van der Waals surface area contributed by atoms with Crippen molar-refractivity contribution >= 4 is 29.6 Å². The molecular formula is C23H25NO5S. The first-order valence-electron chi connectivity index (χ1n) is 9.95. The molecule has 0 aliphatic carbocycles. The van der Waals surface area contributed by atoms with Crippen LogP contribution in [-0.4, -0.2) is 56.0 Å². The summed E-state index contributed by atoms with van der Waals surface area (Å²) in [5, 5.41) is 17.8. The van der Waals surface area contributed by atoms with E-state index in [0.717, 1.165) is 22.9 Å². The molecule has 0 radical (unpaired) electrons. The van der Waals surface area contributed by atoms with Crippen molar-refractivity contribution in [2.24, 2.45) is 0 Å². The van der Waals surface area contributed by atoms with Gasteiger partial charge in [-0.3, -0.25) is 9.59 Å². The maximum Gasteiger partial charge on any atom is 0.326 e. The van der Waals surface area contributed by atoms with E-state index in [1.165, 1.54) is 4.90 Å². The van der Waals surface area contributed by atoms with Crippen LogP contribution < -0.4 is 0 Å². The second-order valence-corrected chi connectivity index (χ2v) is 8.77. The number of carboxylic acids is 2. The van der Waals surface area contributed by atoms with Gasteiger partial charge in [0.25, 0.3) is 0 Å². The second kappa shape index (κ2) is 10.3. The third-order valence-electron chi connectivity index (χ3n) is 5.23. The van der Waals surface area contributed by atoms with Crippen molar-refractivity contribution in [1.29, 1.82) is 0 Å².